The van der Waals surface area contributed by atoms with E-state index in [9.17, 15) is 9.59 Å². The summed E-state index contributed by atoms with van der Waals surface area (Å²) >= 11 is 10.2. The van der Waals surface area contributed by atoms with Crippen LogP contribution in [0.5, 0.6) is 11.5 Å². The lowest BCUT2D eigenvalue weighted by Gasteiger charge is -2.25. The molecular weight excluding hydrogens is 586 g/mol. The Labute approximate surface area is 240 Å². The fourth-order valence-corrected chi connectivity index (χ4v) is 5.65. The normalized spacial score (nSPS) is 15.0. The van der Waals surface area contributed by atoms with Crippen LogP contribution >= 0.6 is 39.9 Å². The molecule has 9 heteroatoms. The van der Waals surface area contributed by atoms with Crippen LogP contribution in [0.1, 0.15) is 36.6 Å². The number of halogens is 1. The van der Waals surface area contributed by atoms with E-state index in [4.69, 9.17) is 26.4 Å². The predicted molar refractivity (Wildman–Crippen MR) is 157 cm³/mol. The van der Waals surface area contributed by atoms with Gasteiger partial charge in [0.2, 0.25) is 0 Å². The van der Waals surface area contributed by atoms with Crippen LogP contribution in [-0.4, -0.2) is 34.3 Å². The lowest BCUT2D eigenvalue weighted by Crippen LogP contribution is -2.38. The molecule has 0 N–H and O–H groups in total. The maximum atomic E-state index is 13.5. The van der Waals surface area contributed by atoms with Gasteiger partial charge in [0.05, 0.1) is 18.1 Å². The summed E-state index contributed by atoms with van der Waals surface area (Å²) in [6.45, 7) is 4.66. The second kappa shape index (κ2) is 13.1. The lowest BCUT2D eigenvalue weighted by molar-refractivity contribution is -0.151. The number of esters is 1. The minimum absolute atomic E-state index is 0.197. The molecule has 38 heavy (non-hydrogen) atoms. The summed E-state index contributed by atoms with van der Waals surface area (Å²) in [7, 11) is 0. The van der Waals surface area contributed by atoms with Gasteiger partial charge in [-0.1, -0.05) is 88.4 Å². The Morgan fingerprint density at radius 2 is 1.79 bits per heavy atom. The number of nitrogens with zero attached hydrogens (tertiary/aromatic N) is 1. The van der Waals surface area contributed by atoms with Gasteiger partial charge in [0, 0.05) is 4.47 Å². The maximum absolute atomic E-state index is 13.5. The van der Waals surface area contributed by atoms with Gasteiger partial charge in [-0.3, -0.25) is 9.69 Å². The van der Waals surface area contributed by atoms with Gasteiger partial charge in [0.15, 0.2) is 17.5 Å². The summed E-state index contributed by atoms with van der Waals surface area (Å²) in [5, 5.41) is 0. The standard InChI is InChI=1S/C29H26BrNO5S2/c1-3-34-24-16-19(13-14-23(24)36-18-20-9-8-12-22(30)15-20)17-25-27(32)31(29(37)38-25)26(28(33)35-4-2)21-10-6-5-7-11-21/h5-17,26H,3-4,18H2,1-2H3/b25-17+. The highest BCUT2D eigenvalue weighted by Crippen LogP contribution is 2.39. The molecule has 1 atom stereocenters. The van der Waals surface area contributed by atoms with Crippen molar-refractivity contribution in [3.63, 3.8) is 0 Å². The van der Waals surface area contributed by atoms with Gasteiger partial charge in [0.25, 0.3) is 5.91 Å². The predicted octanol–water partition coefficient (Wildman–Crippen LogP) is 6.93. The zero-order valence-electron chi connectivity index (χ0n) is 20.9. The van der Waals surface area contributed by atoms with Crippen molar-refractivity contribution in [3.05, 3.63) is 98.9 Å². The van der Waals surface area contributed by atoms with Crippen molar-refractivity contribution in [2.45, 2.75) is 26.5 Å². The first-order valence-corrected chi connectivity index (χ1v) is 14.1. The van der Waals surface area contributed by atoms with E-state index in [1.807, 2.05) is 67.6 Å². The van der Waals surface area contributed by atoms with Crippen molar-refractivity contribution in [1.29, 1.82) is 0 Å². The first-order chi connectivity index (χ1) is 18.4. The molecule has 1 aliphatic rings. The van der Waals surface area contributed by atoms with E-state index in [1.54, 1.807) is 25.1 Å². The third-order valence-electron chi connectivity index (χ3n) is 5.56. The topological polar surface area (TPSA) is 65.1 Å². The molecule has 0 aliphatic carbocycles. The van der Waals surface area contributed by atoms with Crippen LogP contribution in [-0.2, 0) is 20.9 Å². The minimum atomic E-state index is -0.956. The largest absolute Gasteiger partial charge is 0.490 e. The Balaban J connectivity index is 1.58. The monoisotopic (exact) mass is 611 g/mol. The summed E-state index contributed by atoms with van der Waals surface area (Å²) in [5.41, 5.74) is 2.40. The zero-order valence-corrected chi connectivity index (χ0v) is 24.1. The number of ether oxygens (including phenoxy) is 3. The van der Waals surface area contributed by atoms with Gasteiger partial charge < -0.3 is 14.2 Å². The third-order valence-corrected chi connectivity index (χ3v) is 7.38. The van der Waals surface area contributed by atoms with E-state index in [0.29, 0.717) is 39.5 Å². The molecule has 3 aromatic carbocycles. The summed E-state index contributed by atoms with van der Waals surface area (Å²) in [5.74, 6) is 0.292. The van der Waals surface area contributed by atoms with Gasteiger partial charge in [0.1, 0.15) is 10.9 Å². The quantitative estimate of drug-likeness (QED) is 0.140. The molecular formula is C29H26BrNO5S2. The molecule has 0 spiro atoms. The van der Waals surface area contributed by atoms with Gasteiger partial charge in [-0.15, -0.1) is 0 Å². The van der Waals surface area contributed by atoms with Gasteiger partial charge in [-0.25, -0.2) is 4.79 Å². The Morgan fingerprint density at radius 1 is 1.00 bits per heavy atom. The molecule has 6 nitrogen and oxygen atoms in total. The number of rotatable bonds is 10. The molecule has 1 saturated heterocycles. The highest BCUT2D eigenvalue weighted by molar-refractivity contribution is 9.10. The maximum Gasteiger partial charge on any atom is 0.333 e. The first-order valence-electron chi connectivity index (χ1n) is 12.0. The number of thiocarbonyl (C=S) groups is 1. The van der Waals surface area contributed by atoms with Gasteiger partial charge in [-0.2, -0.15) is 0 Å². The van der Waals surface area contributed by atoms with E-state index in [0.717, 1.165) is 27.4 Å². The average Bonchev–Trinajstić information content (AvgIpc) is 3.17. The Kier molecular flexibility index (Phi) is 9.60. The molecule has 196 valence electrons. The van der Waals surface area contributed by atoms with Gasteiger partial charge in [-0.05, 0) is 60.9 Å². The number of amides is 1. The highest BCUT2D eigenvalue weighted by Gasteiger charge is 2.42. The van der Waals surface area contributed by atoms with Crippen LogP contribution in [0.4, 0.5) is 0 Å². The second-order valence-electron chi connectivity index (χ2n) is 8.17. The number of benzene rings is 3. The second-order valence-corrected chi connectivity index (χ2v) is 10.8. The molecule has 1 aliphatic heterocycles. The fraction of sp³-hybridized carbons (Fsp3) is 0.207. The molecule has 3 aromatic rings. The van der Waals surface area contributed by atoms with Crippen molar-refractivity contribution < 1.29 is 23.8 Å². The minimum Gasteiger partial charge on any atom is -0.490 e. The smallest absolute Gasteiger partial charge is 0.333 e. The van der Waals surface area contributed by atoms with Crippen LogP contribution in [0.25, 0.3) is 6.08 Å². The third kappa shape index (κ3) is 6.64. The van der Waals surface area contributed by atoms with Crippen LogP contribution in [0.15, 0.2) is 82.2 Å². The van der Waals surface area contributed by atoms with Crippen LogP contribution in [0.2, 0.25) is 0 Å². The molecule has 1 fully saturated rings. The van der Waals surface area contributed by atoms with Crippen molar-refractivity contribution in [1.82, 2.24) is 4.90 Å². The summed E-state index contributed by atoms with van der Waals surface area (Å²) in [6, 6.07) is 21.5. The molecule has 0 bridgehead atoms. The average molecular weight is 613 g/mol. The van der Waals surface area contributed by atoms with E-state index in [2.05, 4.69) is 15.9 Å². The van der Waals surface area contributed by atoms with E-state index in [1.165, 1.54) is 4.90 Å². The SMILES string of the molecule is CCOC(=O)C(c1ccccc1)N1C(=O)/C(=C\c2ccc(OCc3cccc(Br)c3)c(OCC)c2)SC1=S. The summed E-state index contributed by atoms with van der Waals surface area (Å²) in [4.78, 5) is 28.1. The Hall–Kier alpha value is -3.14. The van der Waals surface area contributed by atoms with E-state index >= 15 is 0 Å². The molecule has 1 unspecified atom stereocenters. The Bertz CT molecular complexity index is 1360. The lowest BCUT2D eigenvalue weighted by atomic mass is 10.1. The van der Waals surface area contributed by atoms with Gasteiger partial charge >= 0.3 is 5.97 Å². The van der Waals surface area contributed by atoms with Crippen molar-refractivity contribution >= 4 is 62.2 Å². The first kappa shape index (κ1) is 27.9. The highest BCUT2D eigenvalue weighted by atomic mass is 79.9. The van der Waals surface area contributed by atoms with E-state index in [-0.39, 0.29) is 12.5 Å². The van der Waals surface area contributed by atoms with Crippen LogP contribution in [0.3, 0.4) is 0 Å². The van der Waals surface area contributed by atoms with Crippen molar-refractivity contribution in [3.8, 4) is 11.5 Å². The number of thioether (sulfide) groups is 1. The van der Waals surface area contributed by atoms with Crippen LogP contribution in [0, 0.1) is 0 Å². The van der Waals surface area contributed by atoms with E-state index < -0.39 is 12.0 Å². The molecule has 4 rings (SSSR count). The number of hydrogen-bond donors (Lipinski definition) is 0. The number of carbonyl (C=O) groups excluding carboxylic acids is 2. The number of carbonyl (C=O) groups is 2. The molecule has 0 aromatic heterocycles. The molecule has 1 heterocycles. The molecule has 1 amide bonds. The summed E-state index contributed by atoms with van der Waals surface area (Å²) in [6.07, 6.45) is 1.74. The number of hydrogen-bond acceptors (Lipinski definition) is 7. The fourth-order valence-electron chi connectivity index (χ4n) is 3.89. The Morgan fingerprint density at radius 3 is 2.50 bits per heavy atom. The molecule has 0 saturated carbocycles. The van der Waals surface area contributed by atoms with Crippen molar-refractivity contribution in [2.24, 2.45) is 0 Å². The molecule has 0 radical (unpaired) electrons. The zero-order chi connectivity index (χ0) is 27.1. The summed E-state index contributed by atoms with van der Waals surface area (Å²) < 4.78 is 18.4. The van der Waals surface area contributed by atoms with Crippen molar-refractivity contribution in [2.75, 3.05) is 13.2 Å². The van der Waals surface area contributed by atoms with Crippen LogP contribution < -0.4 is 9.47 Å².